The molecule has 0 radical (unpaired) electrons. The van der Waals surface area contributed by atoms with Crippen LogP contribution in [0.2, 0.25) is 0 Å². The molecule has 1 heterocycles. The molecule has 0 amide bonds. The minimum absolute atomic E-state index is 0.308. The summed E-state index contributed by atoms with van der Waals surface area (Å²) < 4.78 is 46.4. The molecule has 0 fully saturated rings. The van der Waals surface area contributed by atoms with Crippen LogP contribution in [0.3, 0.4) is 0 Å². The van der Waals surface area contributed by atoms with Gasteiger partial charge in [0.2, 0.25) is 17.1 Å². The van der Waals surface area contributed by atoms with Crippen LogP contribution >= 0.6 is 0 Å². The Balaban J connectivity index is 3.07. The van der Waals surface area contributed by atoms with E-state index in [1.165, 1.54) is 13.8 Å². The Morgan fingerprint density at radius 1 is 1.53 bits per heavy atom. The third-order valence-corrected chi connectivity index (χ3v) is 2.47. The Kier molecular flexibility index (Phi) is 3.22. The SMILES string of the molecule is CC(=O)OC1(C)C(=O)C=C(C(F)(F)F)OC1C. The molecule has 4 nitrogen and oxygen atoms in total. The molecule has 0 aliphatic carbocycles. The second-order valence-corrected chi connectivity index (χ2v) is 3.83. The minimum atomic E-state index is -4.73. The highest BCUT2D eigenvalue weighted by atomic mass is 19.4. The lowest BCUT2D eigenvalue weighted by Crippen LogP contribution is -2.52. The molecule has 0 spiro atoms. The van der Waals surface area contributed by atoms with Gasteiger partial charge in [0, 0.05) is 13.0 Å². The summed E-state index contributed by atoms with van der Waals surface area (Å²) >= 11 is 0. The average Bonchev–Trinajstić information content (AvgIpc) is 2.11. The van der Waals surface area contributed by atoms with Crippen LogP contribution in [-0.2, 0) is 19.1 Å². The lowest BCUT2D eigenvalue weighted by molar-refractivity contribution is -0.191. The van der Waals surface area contributed by atoms with Gasteiger partial charge in [-0.1, -0.05) is 0 Å². The first-order valence-electron chi connectivity index (χ1n) is 4.77. The number of hydrogen-bond donors (Lipinski definition) is 0. The highest BCUT2D eigenvalue weighted by molar-refractivity contribution is 5.99. The van der Waals surface area contributed by atoms with Crippen LogP contribution in [0.25, 0.3) is 0 Å². The predicted octanol–water partition coefficient (Wildman–Crippen LogP) is 1.74. The summed E-state index contributed by atoms with van der Waals surface area (Å²) in [5.41, 5.74) is -1.72. The van der Waals surface area contributed by atoms with Crippen molar-refractivity contribution in [1.29, 1.82) is 0 Å². The molecular weight excluding hydrogens is 241 g/mol. The average molecular weight is 252 g/mol. The van der Waals surface area contributed by atoms with Crippen LogP contribution in [0.1, 0.15) is 20.8 Å². The van der Waals surface area contributed by atoms with E-state index in [2.05, 4.69) is 4.74 Å². The molecule has 0 aromatic carbocycles. The molecule has 1 aliphatic heterocycles. The zero-order valence-corrected chi connectivity index (χ0v) is 9.42. The third kappa shape index (κ3) is 2.59. The van der Waals surface area contributed by atoms with Crippen LogP contribution in [0.5, 0.6) is 0 Å². The first kappa shape index (κ1) is 13.5. The number of allylic oxidation sites excluding steroid dienone is 1. The largest absolute Gasteiger partial charge is 0.481 e. The number of halogens is 3. The minimum Gasteiger partial charge on any atom is -0.481 e. The van der Waals surface area contributed by atoms with E-state index < -0.39 is 35.4 Å². The molecule has 0 saturated carbocycles. The quantitative estimate of drug-likeness (QED) is 0.667. The monoisotopic (exact) mass is 252 g/mol. The molecule has 0 aromatic heterocycles. The molecule has 2 atom stereocenters. The number of rotatable bonds is 1. The van der Waals surface area contributed by atoms with E-state index in [1.807, 2.05) is 0 Å². The maximum atomic E-state index is 12.3. The van der Waals surface area contributed by atoms with Crippen molar-refractivity contribution in [2.24, 2.45) is 0 Å². The Bertz CT molecular complexity index is 386. The van der Waals surface area contributed by atoms with Crippen LogP contribution in [-0.4, -0.2) is 29.6 Å². The molecule has 1 rings (SSSR count). The topological polar surface area (TPSA) is 52.6 Å². The molecule has 96 valence electrons. The van der Waals surface area contributed by atoms with Crippen molar-refractivity contribution >= 4 is 11.8 Å². The third-order valence-electron chi connectivity index (χ3n) is 2.47. The molecular formula is C10H11F3O4. The Hall–Kier alpha value is -1.53. The molecule has 7 heteroatoms. The number of ether oxygens (including phenoxy) is 2. The Labute approximate surface area is 95.4 Å². The number of carbonyl (C=O) groups excluding carboxylic acids is 2. The number of carbonyl (C=O) groups is 2. The van der Waals surface area contributed by atoms with Gasteiger partial charge in [-0.25, -0.2) is 0 Å². The Morgan fingerprint density at radius 3 is 2.41 bits per heavy atom. The zero-order chi connectivity index (χ0) is 13.4. The molecule has 1 aliphatic rings. The van der Waals surface area contributed by atoms with Crippen molar-refractivity contribution in [3.05, 3.63) is 11.8 Å². The summed E-state index contributed by atoms with van der Waals surface area (Å²) in [7, 11) is 0. The number of hydrogen-bond acceptors (Lipinski definition) is 4. The van der Waals surface area contributed by atoms with Crippen molar-refractivity contribution in [3.8, 4) is 0 Å². The van der Waals surface area contributed by atoms with E-state index in [1.54, 1.807) is 0 Å². The van der Waals surface area contributed by atoms with Gasteiger partial charge in [0.25, 0.3) is 0 Å². The van der Waals surface area contributed by atoms with Crippen molar-refractivity contribution in [3.63, 3.8) is 0 Å². The fourth-order valence-electron chi connectivity index (χ4n) is 1.38. The number of esters is 1. The molecule has 0 bridgehead atoms. The summed E-state index contributed by atoms with van der Waals surface area (Å²) in [5, 5.41) is 0. The van der Waals surface area contributed by atoms with Crippen LogP contribution in [0, 0.1) is 0 Å². The molecule has 17 heavy (non-hydrogen) atoms. The van der Waals surface area contributed by atoms with Gasteiger partial charge >= 0.3 is 12.1 Å². The molecule has 0 N–H and O–H groups in total. The summed E-state index contributed by atoms with van der Waals surface area (Å²) in [4.78, 5) is 22.4. The second kappa shape index (κ2) is 4.05. The van der Waals surface area contributed by atoms with E-state index >= 15 is 0 Å². The normalized spacial score (nSPS) is 29.4. The number of ketones is 1. The van der Waals surface area contributed by atoms with E-state index in [-0.39, 0.29) is 0 Å². The summed E-state index contributed by atoms with van der Waals surface area (Å²) in [5.74, 6) is -3.08. The van der Waals surface area contributed by atoms with Crippen LogP contribution in [0.4, 0.5) is 13.2 Å². The summed E-state index contributed by atoms with van der Waals surface area (Å²) in [6, 6.07) is 0. The van der Waals surface area contributed by atoms with E-state index in [0.29, 0.717) is 6.08 Å². The molecule has 0 saturated heterocycles. The lowest BCUT2D eigenvalue weighted by Gasteiger charge is -2.36. The first-order chi connectivity index (χ1) is 7.57. The van der Waals surface area contributed by atoms with Gasteiger partial charge in [-0.3, -0.25) is 9.59 Å². The van der Waals surface area contributed by atoms with E-state index in [9.17, 15) is 22.8 Å². The fraction of sp³-hybridized carbons (Fsp3) is 0.600. The maximum absolute atomic E-state index is 12.3. The van der Waals surface area contributed by atoms with Crippen molar-refractivity contribution < 1.29 is 32.2 Å². The first-order valence-corrected chi connectivity index (χ1v) is 4.77. The number of alkyl halides is 3. The maximum Gasteiger partial charge on any atom is 0.449 e. The van der Waals surface area contributed by atoms with E-state index in [0.717, 1.165) is 6.92 Å². The second-order valence-electron chi connectivity index (χ2n) is 3.83. The molecule has 2 unspecified atom stereocenters. The van der Waals surface area contributed by atoms with Crippen molar-refractivity contribution in [1.82, 2.24) is 0 Å². The van der Waals surface area contributed by atoms with Crippen molar-refractivity contribution in [2.75, 3.05) is 0 Å². The zero-order valence-electron chi connectivity index (χ0n) is 9.42. The molecule has 0 aromatic rings. The summed E-state index contributed by atoms with van der Waals surface area (Å²) in [6.07, 6.45) is -5.63. The van der Waals surface area contributed by atoms with Crippen LogP contribution in [0.15, 0.2) is 11.8 Å². The van der Waals surface area contributed by atoms with Gasteiger partial charge < -0.3 is 9.47 Å². The standard InChI is InChI=1S/C10H11F3O4/c1-5-9(3,17-6(2)14)7(15)4-8(16-5)10(11,12)13/h4-5H,1-3H3. The Morgan fingerprint density at radius 2 is 2.06 bits per heavy atom. The van der Waals surface area contributed by atoms with Crippen LogP contribution < -0.4 is 0 Å². The van der Waals surface area contributed by atoms with Gasteiger partial charge in [0.1, 0.15) is 6.10 Å². The van der Waals surface area contributed by atoms with Gasteiger partial charge in [-0.2, -0.15) is 13.2 Å². The van der Waals surface area contributed by atoms with Gasteiger partial charge in [-0.05, 0) is 13.8 Å². The van der Waals surface area contributed by atoms with Gasteiger partial charge in [0.15, 0.2) is 0 Å². The van der Waals surface area contributed by atoms with Gasteiger partial charge in [-0.15, -0.1) is 0 Å². The fourth-order valence-corrected chi connectivity index (χ4v) is 1.38. The van der Waals surface area contributed by atoms with Gasteiger partial charge in [0.05, 0.1) is 0 Å². The lowest BCUT2D eigenvalue weighted by atomic mass is 9.91. The van der Waals surface area contributed by atoms with Crippen molar-refractivity contribution in [2.45, 2.75) is 38.7 Å². The predicted molar refractivity (Wildman–Crippen MR) is 49.9 cm³/mol. The highest BCUT2D eigenvalue weighted by Crippen LogP contribution is 2.35. The van der Waals surface area contributed by atoms with E-state index in [4.69, 9.17) is 4.74 Å². The summed E-state index contributed by atoms with van der Waals surface area (Å²) in [6.45, 7) is 3.51. The highest BCUT2D eigenvalue weighted by Gasteiger charge is 2.51. The smallest absolute Gasteiger partial charge is 0.449 e.